The first-order chi connectivity index (χ1) is 11.1. The standard InChI is InChI=1S/C17H22FN3O2/c1-19-12-7-9-20(10-8-12)15-6-5-13(11-14(15)18)21-16(22)3-2-4-17(21)23/h5-6,11-12,19H,2-4,7-10H2,1H3. The first-order valence-corrected chi connectivity index (χ1v) is 8.17. The topological polar surface area (TPSA) is 52.6 Å². The molecule has 2 aliphatic rings. The largest absolute Gasteiger partial charge is 0.369 e. The predicted molar refractivity (Wildman–Crippen MR) is 87.0 cm³/mol. The van der Waals surface area contributed by atoms with Crippen molar-refractivity contribution < 1.29 is 14.0 Å². The lowest BCUT2D eigenvalue weighted by molar-refractivity contribution is -0.129. The molecular formula is C17H22FN3O2. The van der Waals surface area contributed by atoms with Gasteiger partial charge in [-0.05, 0) is 38.4 Å². The van der Waals surface area contributed by atoms with E-state index in [-0.39, 0.29) is 17.6 Å². The Kier molecular flexibility index (Phi) is 4.61. The molecule has 2 heterocycles. The van der Waals surface area contributed by atoms with Gasteiger partial charge in [0.05, 0.1) is 11.4 Å². The van der Waals surface area contributed by atoms with Gasteiger partial charge in [0.15, 0.2) is 0 Å². The summed E-state index contributed by atoms with van der Waals surface area (Å²) in [4.78, 5) is 27.0. The van der Waals surface area contributed by atoms with Crippen molar-refractivity contribution in [3.63, 3.8) is 0 Å². The molecule has 0 saturated carbocycles. The van der Waals surface area contributed by atoms with Gasteiger partial charge in [-0.2, -0.15) is 0 Å². The molecule has 0 unspecified atom stereocenters. The number of nitrogens with zero attached hydrogens (tertiary/aromatic N) is 2. The Labute approximate surface area is 135 Å². The third-order valence-corrected chi connectivity index (χ3v) is 4.71. The molecule has 0 radical (unpaired) electrons. The maximum absolute atomic E-state index is 14.5. The number of carbonyl (C=O) groups is 2. The molecule has 2 saturated heterocycles. The van der Waals surface area contributed by atoms with E-state index >= 15 is 0 Å². The van der Waals surface area contributed by atoms with Crippen LogP contribution < -0.4 is 15.1 Å². The van der Waals surface area contributed by atoms with Crippen molar-refractivity contribution >= 4 is 23.2 Å². The van der Waals surface area contributed by atoms with E-state index in [9.17, 15) is 14.0 Å². The molecule has 0 aromatic heterocycles. The van der Waals surface area contributed by atoms with E-state index < -0.39 is 0 Å². The number of carbonyl (C=O) groups excluding carboxylic acids is 2. The molecule has 2 aliphatic heterocycles. The Morgan fingerprint density at radius 3 is 2.35 bits per heavy atom. The second-order valence-electron chi connectivity index (χ2n) is 6.16. The van der Waals surface area contributed by atoms with Crippen LogP contribution in [0.5, 0.6) is 0 Å². The van der Waals surface area contributed by atoms with Crippen LogP contribution in [-0.2, 0) is 9.59 Å². The average molecular weight is 319 g/mol. The van der Waals surface area contributed by atoms with Crippen molar-refractivity contribution in [3.05, 3.63) is 24.0 Å². The first kappa shape index (κ1) is 15.9. The summed E-state index contributed by atoms with van der Waals surface area (Å²) in [6.07, 6.45) is 3.20. The molecule has 6 heteroatoms. The summed E-state index contributed by atoms with van der Waals surface area (Å²) in [7, 11) is 1.95. The number of rotatable bonds is 3. The zero-order valence-corrected chi connectivity index (χ0v) is 13.3. The Hall–Kier alpha value is -1.95. The lowest BCUT2D eigenvalue weighted by Gasteiger charge is -2.34. The first-order valence-electron chi connectivity index (χ1n) is 8.17. The maximum atomic E-state index is 14.5. The molecule has 124 valence electrons. The van der Waals surface area contributed by atoms with Crippen LogP contribution in [0.1, 0.15) is 32.1 Å². The number of amides is 2. The van der Waals surface area contributed by atoms with Gasteiger partial charge in [-0.3, -0.25) is 14.5 Å². The van der Waals surface area contributed by atoms with E-state index in [0.717, 1.165) is 30.8 Å². The van der Waals surface area contributed by atoms with Crippen molar-refractivity contribution in [1.29, 1.82) is 0 Å². The summed E-state index contributed by atoms with van der Waals surface area (Å²) in [5.74, 6) is -0.872. The molecule has 2 amide bonds. The molecule has 0 bridgehead atoms. The van der Waals surface area contributed by atoms with E-state index in [4.69, 9.17) is 0 Å². The molecule has 1 N–H and O–H groups in total. The van der Waals surface area contributed by atoms with Crippen LogP contribution in [0.2, 0.25) is 0 Å². The van der Waals surface area contributed by atoms with E-state index in [1.807, 2.05) is 11.9 Å². The molecule has 0 aliphatic carbocycles. The third-order valence-electron chi connectivity index (χ3n) is 4.71. The Bertz CT molecular complexity index is 596. The third kappa shape index (κ3) is 3.22. The van der Waals surface area contributed by atoms with Crippen molar-refractivity contribution in [2.45, 2.75) is 38.1 Å². The number of benzene rings is 1. The highest BCUT2D eigenvalue weighted by molar-refractivity contribution is 6.16. The quantitative estimate of drug-likeness (QED) is 0.867. The van der Waals surface area contributed by atoms with Crippen LogP contribution in [0.3, 0.4) is 0 Å². The molecular weight excluding hydrogens is 297 g/mol. The minimum absolute atomic E-state index is 0.247. The van der Waals surface area contributed by atoms with E-state index in [1.54, 1.807) is 12.1 Å². The minimum Gasteiger partial charge on any atom is -0.369 e. The van der Waals surface area contributed by atoms with Gasteiger partial charge in [-0.15, -0.1) is 0 Å². The number of halogens is 1. The van der Waals surface area contributed by atoms with Gasteiger partial charge in [0.1, 0.15) is 5.82 Å². The van der Waals surface area contributed by atoms with Crippen molar-refractivity contribution in [1.82, 2.24) is 5.32 Å². The fourth-order valence-corrected chi connectivity index (χ4v) is 3.34. The van der Waals surface area contributed by atoms with Crippen LogP contribution in [0.25, 0.3) is 0 Å². The highest BCUT2D eigenvalue weighted by Crippen LogP contribution is 2.29. The van der Waals surface area contributed by atoms with Gasteiger partial charge in [0.2, 0.25) is 11.8 Å². The van der Waals surface area contributed by atoms with Gasteiger partial charge >= 0.3 is 0 Å². The fourth-order valence-electron chi connectivity index (χ4n) is 3.34. The number of imide groups is 1. The zero-order chi connectivity index (χ0) is 16.4. The van der Waals surface area contributed by atoms with E-state index in [1.165, 1.54) is 6.07 Å². The molecule has 1 aromatic carbocycles. The second kappa shape index (κ2) is 6.66. The van der Waals surface area contributed by atoms with Crippen LogP contribution in [0.15, 0.2) is 18.2 Å². The summed E-state index contributed by atoms with van der Waals surface area (Å²) in [6.45, 7) is 1.59. The Morgan fingerprint density at radius 2 is 1.78 bits per heavy atom. The highest BCUT2D eigenvalue weighted by atomic mass is 19.1. The van der Waals surface area contributed by atoms with Crippen molar-refractivity contribution in [2.24, 2.45) is 0 Å². The predicted octanol–water partition coefficient (Wildman–Crippen LogP) is 2.06. The van der Waals surface area contributed by atoms with Gasteiger partial charge in [0.25, 0.3) is 0 Å². The highest BCUT2D eigenvalue weighted by Gasteiger charge is 2.28. The summed E-state index contributed by atoms with van der Waals surface area (Å²) >= 11 is 0. The second-order valence-corrected chi connectivity index (χ2v) is 6.16. The Balaban J connectivity index is 1.78. The van der Waals surface area contributed by atoms with Crippen LogP contribution in [-0.4, -0.2) is 38.0 Å². The van der Waals surface area contributed by atoms with E-state index in [2.05, 4.69) is 5.32 Å². The smallest absolute Gasteiger partial charge is 0.233 e. The minimum atomic E-state index is -0.378. The molecule has 23 heavy (non-hydrogen) atoms. The van der Waals surface area contributed by atoms with Crippen molar-refractivity contribution in [3.8, 4) is 0 Å². The average Bonchev–Trinajstić information content (AvgIpc) is 2.55. The normalized spacial score (nSPS) is 20.3. The maximum Gasteiger partial charge on any atom is 0.233 e. The summed E-state index contributed by atoms with van der Waals surface area (Å²) in [5.41, 5.74) is 0.881. The van der Waals surface area contributed by atoms with Crippen LogP contribution in [0, 0.1) is 5.82 Å². The molecule has 3 rings (SSSR count). The number of hydrogen-bond acceptors (Lipinski definition) is 4. The van der Waals surface area contributed by atoms with Gasteiger partial charge in [-0.1, -0.05) is 0 Å². The lowest BCUT2D eigenvalue weighted by Crippen LogP contribution is -2.42. The van der Waals surface area contributed by atoms with Gasteiger partial charge in [-0.25, -0.2) is 4.39 Å². The summed E-state index contributed by atoms with van der Waals surface area (Å²) in [6, 6.07) is 5.14. The SMILES string of the molecule is CNC1CCN(c2ccc(N3C(=O)CCCC3=O)cc2F)CC1. The molecule has 0 atom stereocenters. The monoisotopic (exact) mass is 319 g/mol. The number of nitrogens with one attached hydrogen (secondary N) is 1. The molecule has 1 aromatic rings. The fraction of sp³-hybridized carbons (Fsp3) is 0.529. The van der Waals surface area contributed by atoms with Gasteiger partial charge in [0, 0.05) is 38.0 Å². The number of piperidine rings is 2. The van der Waals surface area contributed by atoms with Crippen LogP contribution >= 0.6 is 0 Å². The molecule has 2 fully saturated rings. The number of anilines is 2. The van der Waals surface area contributed by atoms with Gasteiger partial charge < -0.3 is 10.2 Å². The van der Waals surface area contributed by atoms with Crippen LogP contribution in [0.4, 0.5) is 15.8 Å². The number of hydrogen-bond donors (Lipinski definition) is 1. The lowest BCUT2D eigenvalue weighted by atomic mass is 10.0. The van der Waals surface area contributed by atoms with E-state index in [0.29, 0.717) is 36.7 Å². The zero-order valence-electron chi connectivity index (χ0n) is 13.3. The Morgan fingerprint density at radius 1 is 1.13 bits per heavy atom. The summed E-state index contributed by atoms with van der Waals surface area (Å²) in [5, 5.41) is 3.25. The molecule has 0 spiro atoms. The molecule has 5 nitrogen and oxygen atoms in total. The summed E-state index contributed by atoms with van der Waals surface area (Å²) < 4.78 is 14.5. The van der Waals surface area contributed by atoms with Crippen molar-refractivity contribution in [2.75, 3.05) is 29.9 Å².